The van der Waals surface area contributed by atoms with Gasteiger partial charge in [-0.05, 0) is 36.5 Å². The lowest BCUT2D eigenvalue weighted by Gasteiger charge is -2.27. The molecule has 0 aliphatic heterocycles. The minimum Gasteiger partial charge on any atom is -0.480 e. The highest BCUT2D eigenvalue weighted by Gasteiger charge is 2.54. The average Bonchev–Trinajstić information content (AvgIpc) is 3.09. The second-order valence-electron chi connectivity index (χ2n) is 4.82. The number of aliphatic carboxylic acids is 1. The van der Waals surface area contributed by atoms with Crippen LogP contribution in [0.2, 0.25) is 0 Å². The first kappa shape index (κ1) is 12.0. The quantitative estimate of drug-likeness (QED) is 0.843. The summed E-state index contributed by atoms with van der Waals surface area (Å²) < 4.78 is 12.8. The summed E-state index contributed by atoms with van der Waals surface area (Å²) in [4.78, 5) is 11.0. The van der Waals surface area contributed by atoms with Gasteiger partial charge in [0.25, 0.3) is 0 Å². The lowest BCUT2D eigenvalue weighted by atomic mass is 9.79. The monoisotopic (exact) mass is 237 g/mol. The van der Waals surface area contributed by atoms with Crippen molar-refractivity contribution in [1.82, 2.24) is 0 Å². The van der Waals surface area contributed by atoms with E-state index in [0.29, 0.717) is 0 Å². The van der Waals surface area contributed by atoms with E-state index in [0.717, 1.165) is 18.4 Å². The van der Waals surface area contributed by atoms with Crippen LogP contribution in [0.3, 0.4) is 0 Å². The fourth-order valence-electron chi connectivity index (χ4n) is 2.49. The molecule has 1 saturated carbocycles. The molecule has 2 unspecified atom stereocenters. The average molecular weight is 237 g/mol. The van der Waals surface area contributed by atoms with Crippen molar-refractivity contribution in [2.75, 3.05) is 0 Å². The summed E-state index contributed by atoms with van der Waals surface area (Å²) in [5, 5.41) is 9.01. The van der Waals surface area contributed by atoms with Crippen molar-refractivity contribution >= 4 is 5.97 Å². The number of benzene rings is 1. The Kier molecular flexibility index (Phi) is 2.91. The van der Waals surface area contributed by atoms with Crippen molar-refractivity contribution in [3.05, 3.63) is 35.6 Å². The molecule has 2 atom stereocenters. The van der Waals surface area contributed by atoms with Gasteiger partial charge in [-0.2, -0.15) is 0 Å². The third kappa shape index (κ3) is 2.05. The summed E-state index contributed by atoms with van der Waals surface area (Å²) in [6.45, 7) is 1.96. The van der Waals surface area contributed by atoms with Crippen molar-refractivity contribution in [1.29, 1.82) is 0 Å². The SMILES string of the molecule is CC(c1ccc(F)cc1)C1(C(N)C(=O)O)CC1. The van der Waals surface area contributed by atoms with Gasteiger partial charge in [0, 0.05) is 5.41 Å². The van der Waals surface area contributed by atoms with Gasteiger partial charge in [0.15, 0.2) is 0 Å². The van der Waals surface area contributed by atoms with E-state index in [1.165, 1.54) is 12.1 Å². The highest BCUT2D eigenvalue weighted by atomic mass is 19.1. The summed E-state index contributed by atoms with van der Waals surface area (Å²) in [7, 11) is 0. The van der Waals surface area contributed by atoms with Crippen LogP contribution in [0.5, 0.6) is 0 Å². The van der Waals surface area contributed by atoms with Crippen LogP contribution in [-0.2, 0) is 4.79 Å². The number of halogens is 1. The van der Waals surface area contributed by atoms with Crippen LogP contribution in [0.4, 0.5) is 4.39 Å². The van der Waals surface area contributed by atoms with Crippen LogP contribution in [0.1, 0.15) is 31.2 Å². The van der Waals surface area contributed by atoms with Crippen molar-refractivity contribution in [2.24, 2.45) is 11.1 Å². The summed E-state index contributed by atoms with van der Waals surface area (Å²) in [5.41, 5.74) is 6.34. The molecule has 0 amide bonds. The van der Waals surface area contributed by atoms with Gasteiger partial charge in [0.2, 0.25) is 0 Å². The van der Waals surface area contributed by atoms with E-state index >= 15 is 0 Å². The van der Waals surface area contributed by atoms with Gasteiger partial charge >= 0.3 is 5.97 Å². The Bertz CT molecular complexity index is 426. The number of hydrogen-bond donors (Lipinski definition) is 2. The molecule has 17 heavy (non-hydrogen) atoms. The van der Waals surface area contributed by atoms with E-state index in [1.54, 1.807) is 12.1 Å². The molecule has 2 rings (SSSR count). The van der Waals surface area contributed by atoms with Crippen LogP contribution < -0.4 is 5.73 Å². The molecule has 0 radical (unpaired) electrons. The zero-order valence-electron chi connectivity index (χ0n) is 9.69. The first-order chi connectivity index (χ1) is 7.97. The highest BCUT2D eigenvalue weighted by Crippen LogP contribution is 2.57. The molecule has 92 valence electrons. The number of carboxylic acid groups (broad SMARTS) is 1. The van der Waals surface area contributed by atoms with Gasteiger partial charge in [-0.25, -0.2) is 4.39 Å². The fourth-order valence-corrected chi connectivity index (χ4v) is 2.49. The molecule has 3 nitrogen and oxygen atoms in total. The lowest BCUT2D eigenvalue weighted by Crippen LogP contribution is -2.42. The minimum absolute atomic E-state index is 0.0363. The molecule has 1 aliphatic carbocycles. The van der Waals surface area contributed by atoms with Gasteiger partial charge in [-0.15, -0.1) is 0 Å². The van der Waals surface area contributed by atoms with E-state index in [9.17, 15) is 9.18 Å². The van der Waals surface area contributed by atoms with Crippen LogP contribution in [0, 0.1) is 11.2 Å². The molecule has 3 N–H and O–H groups in total. The lowest BCUT2D eigenvalue weighted by molar-refractivity contribution is -0.140. The molecule has 1 aromatic rings. The Hall–Kier alpha value is -1.42. The minimum atomic E-state index is -0.962. The van der Waals surface area contributed by atoms with Crippen molar-refractivity contribution in [2.45, 2.75) is 31.7 Å². The Balaban J connectivity index is 2.23. The molecule has 1 aromatic carbocycles. The van der Waals surface area contributed by atoms with E-state index < -0.39 is 12.0 Å². The molecule has 0 saturated heterocycles. The topological polar surface area (TPSA) is 63.3 Å². The number of nitrogens with two attached hydrogens (primary N) is 1. The summed E-state index contributed by atoms with van der Waals surface area (Å²) in [5.74, 6) is -1.21. The predicted octanol–water partition coefficient (Wildman–Crippen LogP) is 2.12. The molecular weight excluding hydrogens is 221 g/mol. The largest absolute Gasteiger partial charge is 0.480 e. The zero-order chi connectivity index (χ0) is 12.6. The molecule has 0 spiro atoms. The Morgan fingerprint density at radius 1 is 1.41 bits per heavy atom. The van der Waals surface area contributed by atoms with E-state index in [2.05, 4.69) is 0 Å². The van der Waals surface area contributed by atoms with Crippen LogP contribution in [0.25, 0.3) is 0 Å². The van der Waals surface area contributed by atoms with Crippen molar-refractivity contribution in [3.8, 4) is 0 Å². The van der Waals surface area contributed by atoms with Gasteiger partial charge in [0.05, 0.1) is 0 Å². The number of carbonyl (C=O) groups is 1. The second kappa shape index (κ2) is 4.11. The van der Waals surface area contributed by atoms with Gasteiger partial charge in [-0.1, -0.05) is 19.1 Å². The Morgan fingerprint density at radius 3 is 2.35 bits per heavy atom. The molecule has 0 bridgehead atoms. The summed E-state index contributed by atoms with van der Waals surface area (Å²) >= 11 is 0. The van der Waals surface area contributed by atoms with E-state index in [1.807, 2.05) is 6.92 Å². The van der Waals surface area contributed by atoms with Gasteiger partial charge in [-0.3, -0.25) is 4.79 Å². The number of hydrogen-bond acceptors (Lipinski definition) is 2. The fraction of sp³-hybridized carbons (Fsp3) is 0.462. The molecular formula is C13H16FNO2. The van der Waals surface area contributed by atoms with Crippen molar-refractivity contribution < 1.29 is 14.3 Å². The second-order valence-corrected chi connectivity index (χ2v) is 4.82. The number of rotatable bonds is 4. The predicted molar refractivity (Wildman–Crippen MR) is 62.1 cm³/mol. The first-order valence-corrected chi connectivity index (χ1v) is 5.71. The zero-order valence-corrected chi connectivity index (χ0v) is 9.69. The normalized spacial score (nSPS) is 20.6. The maximum Gasteiger partial charge on any atom is 0.321 e. The smallest absolute Gasteiger partial charge is 0.321 e. The van der Waals surface area contributed by atoms with E-state index in [4.69, 9.17) is 10.8 Å². The van der Waals surface area contributed by atoms with Crippen LogP contribution >= 0.6 is 0 Å². The third-order valence-corrected chi connectivity index (χ3v) is 3.95. The Labute approximate surface area is 99.4 Å². The molecule has 4 heteroatoms. The van der Waals surface area contributed by atoms with Gasteiger partial charge < -0.3 is 10.8 Å². The summed E-state index contributed by atoms with van der Waals surface area (Å²) in [6.07, 6.45) is 1.64. The Morgan fingerprint density at radius 2 is 1.94 bits per heavy atom. The maximum absolute atomic E-state index is 12.8. The molecule has 0 aromatic heterocycles. The standard InChI is InChI=1S/C13H16FNO2/c1-8(9-2-4-10(14)5-3-9)13(6-7-13)11(15)12(16)17/h2-5,8,11H,6-7,15H2,1H3,(H,16,17). The van der Waals surface area contributed by atoms with Crippen molar-refractivity contribution in [3.63, 3.8) is 0 Å². The van der Waals surface area contributed by atoms with E-state index in [-0.39, 0.29) is 17.2 Å². The number of carboxylic acids is 1. The summed E-state index contributed by atoms with van der Waals surface area (Å²) in [6, 6.07) is 5.36. The third-order valence-electron chi connectivity index (χ3n) is 3.95. The molecule has 0 heterocycles. The maximum atomic E-state index is 12.8. The first-order valence-electron chi connectivity index (χ1n) is 5.71. The van der Waals surface area contributed by atoms with Crippen LogP contribution in [-0.4, -0.2) is 17.1 Å². The van der Waals surface area contributed by atoms with Gasteiger partial charge in [0.1, 0.15) is 11.9 Å². The van der Waals surface area contributed by atoms with Crippen LogP contribution in [0.15, 0.2) is 24.3 Å². The highest BCUT2D eigenvalue weighted by molar-refractivity contribution is 5.75. The molecule has 1 fully saturated rings. The molecule has 1 aliphatic rings.